The minimum Gasteiger partial charge on any atom is -0.248 e. The first-order valence-electron chi connectivity index (χ1n) is 14.2. The monoisotopic (exact) mass is 514 g/mol. The van der Waals surface area contributed by atoms with E-state index in [1.807, 2.05) is 0 Å². The topological polar surface area (TPSA) is 105 Å². The molecule has 8 heteroatoms. The highest BCUT2D eigenvalue weighted by Crippen LogP contribution is 2.19. The highest BCUT2D eigenvalue weighted by Gasteiger charge is 2.27. The zero-order valence-electron chi connectivity index (χ0n) is 23.0. The van der Waals surface area contributed by atoms with E-state index < -0.39 is 29.8 Å². The van der Waals surface area contributed by atoms with E-state index in [4.69, 9.17) is 9.78 Å². The Bertz CT molecular complexity index is 590. The van der Waals surface area contributed by atoms with E-state index in [1.54, 1.807) is 0 Å². The van der Waals surface area contributed by atoms with Crippen molar-refractivity contribution in [3.8, 4) is 0 Å². The number of hydrogen-bond donors (Lipinski definition) is 0. The summed E-state index contributed by atoms with van der Waals surface area (Å²) in [6.45, 7) is 5.49. The van der Waals surface area contributed by atoms with Gasteiger partial charge in [-0.25, -0.2) is 38.7 Å². The van der Waals surface area contributed by atoms with Gasteiger partial charge >= 0.3 is 23.9 Å². The highest BCUT2D eigenvalue weighted by atomic mass is 17.2. The van der Waals surface area contributed by atoms with Crippen LogP contribution in [0.1, 0.15) is 149 Å². The van der Waals surface area contributed by atoms with Crippen molar-refractivity contribution in [2.75, 3.05) is 0 Å². The van der Waals surface area contributed by atoms with Crippen LogP contribution in [-0.2, 0) is 38.7 Å². The molecule has 0 radical (unpaired) electrons. The third kappa shape index (κ3) is 22.4. The lowest BCUT2D eigenvalue weighted by Gasteiger charge is -2.13. The Balaban J connectivity index is 4.26. The van der Waals surface area contributed by atoms with Crippen LogP contribution in [0.25, 0.3) is 0 Å². The Hall–Kier alpha value is -2.12. The van der Waals surface area contributed by atoms with Gasteiger partial charge in [0.05, 0.1) is 18.8 Å². The van der Waals surface area contributed by atoms with Gasteiger partial charge in [-0.15, -0.1) is 0 Å². The quantitative estimate of drug-likeness (QED) is 0.0832. The molecule has 0 saturated carbocycles. The first-order chi connectivity index (χ1) is 17.4. The predicted molar refractivity (Wildman–Crippen MR) is 137 cm³/mol. The van der Waals surface area contributed by atoms with E-state index in [9.17, 15) is 19.2 Å². The van der Waals surface area contributed by atoms with Crippen LogP contribution >= 0.6 is 0 Å². The molecule has 0 aliphatic heterocycles. The molecule has 1 atom stereocenters. The van der Waals surface area contributed by atoms with Crippen LogP contribution in [0.15, 0.2) is 0 Å². The van der Waals surface area contributed by atoms with Gasteiger partial charge in [-0.3, -0.25) is 0 Å². The van der Waals surface area contributed by atoms with Crippen molar-refractivity contribution in [1.29, 1.82) is 0 Å². The van der Waals surface area contributed by atoms with Gasteiger partial charge in [-0.05, 0) is 12.8 Å². The van der Waals surface area contributed by atoms with Crippen LogP contribution in [-0.4, -0.2) is 23.9 Å². The van der Waals surface area contributed by atoms with Crippen LogP contribution in [0.4, 0.5) is 0 Å². The molecule has 36 heavy (non-hydrogen) atoms. The summed E-state index contributed by atoms with van der Waals surface area (Å²) in [7, 11) is 0. The molecule has 0 fully saturated rings. The van der Waals surface area contributed by atoms with Gasteiger partial charge in [0.25, 0.3) is 0 Å². The second-order valence-corrected chi connectivity index (χ2v) is 9.63. The van der Waals surface area contributed by atoms with Crippen molar-refractivity contribution in [3.63, 3.8) is 0 Å². The number of carbonyl (C=O) groups is 4. The van der Waals surface area contributed by atoms with Gasteiger partial charge < -0.3 is 0 Å². The Morgan fingerprint density at radius 2 is 0.972 bits per heavy atom. The van der Waals surface area contributed by atoms with Crippen molar-refractivity contribution >= 4 is 23.9 Å². The number of carbonyl (C=O) groups excluding carboxylic acids is 4. The van der Waals surface area contributed by atoms with Gasteiger partial charge in [-0.2, -0.15) is 0 Å². The third-order valence-corrected chi connectivity index (χ3v) is 6.11. The molecular formula is C28H50O8. The van der Waals surface area contributed by atoms with Crippen molar-refractivity contribution in [3.05, 3.63) is 0 Å². The maximum Gasteiger partial charge on any atom is 0.359 e. The molecule has 0 saturated heterocycles. The molecule has 0 aromatic heterocycles. The van der Waals surface area contributed by atoms with E-state index in [-0.39, 0.29) is 12.8 Å². The normalized spacial score (nSPS) is 11.5. The molecule has 0 bridgehead atoms. The molecule has 0 spiro atoms. The third-order valence-electron chi connectivity index (χ3n) is 6.11. The van der Waals surface area contributed by atoms with Crippen LogP contribution in [0.5, 0.6) is 0 Å². The second kappa shape index (κ2) is 24.6. The number of rotatable bonds is 22. The highest BCUT2D eigenvalue weighted by molar-refractivity contribution is 5.80. The van der Waals surface area contributed by atoms with Gasteiger partial charge in [0, 0.05) is 6.92 Å². The lowest BCUT2D eigenvalue weighted by atomic mass is 9.97. The average molecular weight is 515 g/mol. The summed E-state index contributed by atoms with van der Waals surface area (Å²) in [5, 5.41) is 0. The van der Waals surface area contributed by atoms with E-state index in [1.165, 1.54) is 57.8 Å². The van der Waals surface area contributed by atoms with Crippen LogP contribution in [0.3, 0.4) is 0 Å². The molecule has 0 aromatic rings. The smallest absolute Gasteiger partial charge is 0.248 e. The summed E-state index contributed by atoms with van der Waals surface area (Å²) in [5.41, 5.74) is 0. The molecule has 0 rings (SSSR count). The standard InChI is InChI=1S/C28H50O8/c1-4-6-8-10-12-14-16-18-20-22-26(30)34-36-28(32)25(23-27(31)35-33-24(3)29)21-19-17-15-13-11-9-7-5-2/h25H,4-23H2,1-3H3. The van der Waals surface area contributed by atoms with Crippen molar-refractivity contribution in [2.45, 2.75) is 149 Å². The van der Waals surface area contributed by atoms with E-state index in [0.29, 0.717) is 12.8 Å². The number of unbranched alkanes of at least 4 members (excludes halogenated alkanes) is 15. The molecule has 8 nitrogen and oxygen atoms in total. The van der Waals surface area contributed by atoms with Gasteiger partial charge in [-0.1, -0.05) is 117 Å². The summed E-state index contributed by atoms with van der Waals surface area (Å²) in [5.74, 6) is -3.85. The Morgan fingerprint density at radius 3 is 1.47 bits per heavy atom. The molecule has 210 valence electrons. The fourth-order valence-electron chi connectivity index (χ4n) is 3.95. The molecular weight excluding hydrogens is 464 g/mol. The van der Waals surface area contributed by atoms with Crippen LogP contribution in [0.2, 0.25) is 0 Å². The van der Waals surface area contributed by atoms with Crippen molar-refractivity contribution < 1.29 is 38.7 Å². The maximum absolute atomic E-state index is 12.5. The number of hydrogen-bond acceptors (Lipinski definition) is 8. The fraction of sp³-hybridized carbons (Fsp3) is 0.857. The van der Waals surface area contributed by atoms with Gasteiger partial charge in [0.2, 0.25) is 0 Å². The predicted octanol–water partition coefficient (Wildman–Crippen LogP) is 7.47. The summed E-state index contributed by atoms with van der Waals surface area (Å²) in [6, 6.07) is 0. The zero-order chi connectivity index (χ0) is 26.9. The summed E-state index contributed by atoms with van der Waals surface area (Å²) in [4.78, 5) is 65.2. The molecule has 0 aromatic carbocycles. The lowest BCUT2D eigenvalue weighted by molar-refractivity contribution is -0.266. The first-order valence-corrected chi connectivity index (χ1v) is 14.2. The molecule has 0 amide bonds. The van der Waals surface area contributed by atoms with Crippen LogP contribution < -0.4 is 0 Å². The molecule has 0 aliphatic rings. The van der Waals surface area contributed by atoms with E-state index in [0.717, 1.165) is 51.9 Å². The van der Waals surface area contributed by atoms with Gasteiger partial charge in [0.15, 0.2) is 0 Å². The Kier molecular flexibility index (Phi) is 23.1. The molecule has 0 heterocycles. The van der Waals surface area contributed by atoms with Gasteiger partial charge in [0.1, 0.15) is 0 Å². The molecule has 0 aliphatic carbocycles. The largest absolute Gasteiger partial charge is 0.359 e. The minimum absolute atomic E-state index is 0.181. The fourth-order valence-corrected chi connectivity index (χ4v) is 3.95. The summed E-state index contributed by atoms with van der Waals surface area (Å²) >= 11 is 0. The van der Waals surface area contributed by atoms with E-state index in [2.05, 4.69) is 23.6 Å². The Morgan fingerprint density at radius 1 is 0.528 bits per heavy atom. The lowest BCUT2D eigenvalue weighted by Crippen LogP contribution is -2.24. The summed E-state index contributed by atoms with van der Waals surface area (Å²) < 4.78 is 0. The van der Waals surface area contributed by atoms with E-state index >= 15 is 0 Å². The van der Waals surface area contributed by atoms with Crippen molar-refractivity contribution in [1.82, 2.24) is 0 Å². The second-order valence-electron chi connectivity index (χ2n) is 9.63. The zero-order valence-corrected chi connectivity index (χ0v) is 23.0. The minimum atomic E-state index is -0.854. The summed E-state index contributed by atoms with van der Waals surface area (Å²) in [6.07, 6.45) is 19.1. The maximum atomic E-state index is 12.5. The van der Waals surface area contributed by atoms with Crippen molar-refractivity contribution in [2.24, 2.45) is 5.92 Å². The Labute approximate surface area is 218 Å². The molecule has 1 unspecified atom stereocenters. The SMILES string of the molecule is CCCCCCCCCCCC(=O)OOC(=O)C(CCCCCCCCCC)CC(=O)OOC(C)=O. The molecule has 0 N–H and O–H groups in total. The average Bonchev–Trinajstić information content (AvgIpc) is 2.85. The van der Waals surface area contributed by atoms with Crippen LogP contribution in [0, 0.1) is 5.92 Å². The first kappa shape index (κ1) is 33.9.